The van der Waals surface area contributed by atoms with E-state index in [1.54, 1.807) is 6.07 Å². The van der Waals surface area contributed by atoms with Crippen molar-refractivity contribution in [3.8, 4) is 6.07 Å². The number of ketones is 1. The smallest absolute Gasteiger partial charge is 0.186 e. The number of benzene rings is 2. The molecule has 2 nitrogen and oxygen atoms in total. The molecule has 100 valence electrons. The maximum Gasteiger partial charge on any atom is 0.186 e. The molecule has 0 heterocycles. The zero-order chi connectivity index (χ0) is 14.7. The molecule has 20 heavy (non-hydrogen) atoms. The van der Waals surface area contributed by atoms with Crippen LogP contribution in [-0.2, 0) is 0 Å². The van der Waals surface area contributed by atoms with Crippen molar-refractivity contribution in [1.29, 1.82) is 5.26 Å². The van der Waals surface area contributed by atoms with Gasteiger partial charge in [-0.3, -0.25) is 4.79 Å². The number of nitrogens with zero attached hydrogens (tertiary/aromatic N) is 1. The molecule has 0 aliphatic rings. The Bertz CT molecular complexity index is 709. The molecule has 0 amide bonds. The SMILES string of the molecule is N#CC(C(=O)c1ccc(Cl)cc1Cl)c1ccccc1F. The third kappa shape index (κ3) is 2.82. The van der Waals surface area contributed by atoms with Gasteiger partial charge in [0.2, 0.25) is 0 Å². The van der Waals surface area contributed by atoms with Gasteiger partial charge in [0.25, 0.3) is 0 Å². The average molecular weight is 308 g/mol. The minimum Gasteiger partial charge on any atom is -0.292 e. The molecular formula is C15H8Cl2FNO. The lowest BCUT2D eigenvalue weighted by Crippen LogP contribution is -2.13. The van der Waals surface area contributed by atoms with E-state index >= 15 is 0 Å². The number of hydrogen-bond acceptors (Lipinski definition) is 2. The topological polar surface area (TPSA) is 40.9 Å². The lowest BCUT2D eigenvalue weighted by molar-refractivity contribution is 0.0977. The van der Waals surface area contributed by atoms with Gasteiger partial charge in [-0.1, -0.05) is 41.4 Å². The summed E-state index contributed by atoms with van der Waals surface area (Å²) in [6.45, 7) is 0. The largest absolute Gasteiger partial charge is 0.292 e. The Morgan fingerprint density at radius 2 is 1.90 bits per heavy atom. The third-order valence-corrected chi connectivity index (χ3v) is 3.35. The summed E-state index contributed by atoms with van der Waals surface area (Å²) in [5.74, 6) is -2.40. The van der Waals surface area contributed by atoms with Crippen LogP contribution in [0.25, 0.3) is 0 Å². The van der Waals surface area contributed by atoms with Crippen molar-refractivity contribution in [3.05, 3.63) is 69.5 Å². The van der Waals surface area contributed by atoms with Crippen molar-refractivity contribution < 1.29 is 9.18 Å². The number of carbonyl (C=O) groups is 1. The monoisotopic (exact) mass is 307 g/mol. The van der Waals surface area contributed by atoms with Gasteiger partial charge in [-0.2, -0.15) is 5.26 Å². The Morgan fingerprint density at radius 3 is 2.50 bits per heavy atom. The maximum atomic E-state index is 13.7. The number of rotatable bonds is 3. The fraction of sp³-hybridized carbons (Fsp3) is 0.0667. The second-order valence-corrected chi connectivity index (χ2v) is 4.92. The van der Waals surface area contributed by atoms with Crippen LogP contribution < -0.4 is 0 Å². The van der Waals surface area contributed by atoms with Crippen LogP contribution in [0.1, 0.15) is 21.8 Å². The van der Waals surface area contributed by atoms with E-state index < -0.39 is 17.5 Å². The zero-order valence-corrected chi connectivity index (χ0v) is 11.6. The molecule has 0 fully saturated rings. The summed E-state index contributed by atoms with van der Waals surface area (Å²) in [5, 5.41) is 9.69. The highest BCUT2D eigenvalue weighted by Crippen LogP contribution is 2.28. The van der Waals surface area contributed by atoms with E-state index in [1.807, 2.05) is 6.07 Å². The molecule has 0 aliphatic heterocycles. The number of nitriles is 1. The first-order valence-electron chi connectivity index (χ1n) is 5.68. The van der Waals surface area contributed by atoms with Gasteiger partial charge in [0.1, 0.15) is 11.7 Å². The Labute approximate surface area is 125 Å². The van der Waals surface area contributed by atoms with Crippen LogP contribution >= 0.6 is 23.2 Å². The van der Waals surface area contributed by atoms with Gasteiger partial charge in [-0.05, 0) is 24.3 Å². The van der Waals surface area contributed by atoms with Crippen LogP contribution in [0.4, 0.5) is 4.39 Å². The summed E-state index contributed by atoms with van der Waals surface area (Å²) in [6, 6.07) is 11.8. The van der Waals surface area contributed by atoms with Crippen molar-refractivity contribution in [2.45, 2.75) is 5.92 Å². The molecule has 1 unspecified atom stereocenters. The van der Waals surface area contributed by atoms with Crippen LogP contribution in [-0.4, -0.2) is 5.78 Å². The van der Waals surface area contributed by atoms with E-state index in [2.05, 4.69) is 0 Å². The highest BCUT2D eigenvalue weighted by Gasteiger charge is 2.26. The average Bonchev–Trinajstić information content (AvgIpc) is 2.41. The number of carbonyl (C=O) groups excluding carboxylic acids is 1. The number of halogens is 3. The lowest BCUT2D eigenvalue weighted by atomic mass is 9.91. The first kappa shape index (κ1) is 14.5. The quantitative estimate of drug-likeness (QED) is 0.776. The molecule has 0 radical (unpaired) electrons. The van der Waals surface area contributed by atoms with Gasteiger partial charge in [-0.25, -0.2) is 4.39 Å². The summed E-state index contributed by atoms with van der Waals surface area (Å²) in [4.78, 5) is 12.3. The van der Waals surface area contributed by atoms with Gasteiger partial charge in [0.05, 0.1) is 11.1 Å². The highest BCUT2D eigenvalue weighted by atomic mass is 35.5. The molecule has 2 rings (SSSR count). The lowest BCUT2D eigenvalue weighted by Gasteiger charge is -2.11. The molecule has 2 aromatic rings. The van der Waals surface area contributed by atoms with Crippen LogP contribution in [0.3, 0.4) is 0 Å². The van der Waals surface area contributed by atoms with Crippen LogP contribution in [0.5, 0.6) is 0 Å². The number of Topliss-reactive ketones (excluding diaryl/α,β-unsaturated/α-hetero) is 1. The van der Waals surface area contributed by atoms with Gasteiger partial charge in [0, 0.05) is 16.1 Å². The predicted octanol–water partition coefficient (Wildman–Crippen LogP) is 4.62. The molecular weight excluding hydrogens is 300 g/mol. The van der Waals surface area contributed by atoms with Crippen LogP contribution in [0.2, 0.25) is 10.0 Å². The highest BCUT2D eigenvalue weighted by molar-refractivity contribution is 6.37. The molecule has 0 N–H and O–H groups in total. The summed E-state index contributed by atoms with van der Waals surface area (Å²) in [5.41, 5.74) is 0.178. The summed E-state index contributed by atoms with van der Waals surface area (Å²) < 4.78 is 13.7. The van der Waals surface area contributed by atoms with Crippen LogP contribution in [0.15, 0.2) is 42.5 Å². The number of hydrogen-bond donors (Lipinski definition) is 0. The predicted molar refractivity (Wildman–Crippen MR) is 75.5 cm³/mol. The van der Waals surface area contributed by atoms with E-state index in [-0.39, 0.29) is 16.1 Å². The molecule has 1 atom stereocenters. The maximum absolute atomic E-state index is 13.7. The normalized spacial score (nSPS) is 11.7. The van der Waals surface area contributed by atoms with E-state index in [0.29, 0.717) is 5.02 Å². The first-order chi connectivity index (χ1) is 9.54. The Kier molecular flexibility index (Phi) is 4.39. The van der Waals surface area contributed by atoms with E-state index in [4.69, 9.17) is 23.2 Å². The molecule has 0 aromatic heterocycles. The fourth-order valence-corrected chi connectivity index (χ4v) is 2.33. The molecule has 0 spiro atoms. The van der Waals surface area contributed by atoms with Gasteiger partial charge < -0.3 is 0 Å². The zero-order valence-electron chi connectivity index (χ0n) is 10.1. The van der Waals surface area contributed by atoms with E-state index in [9.17, 15) is 14.4 Å². The summed E-state index contributed by atoms with van der Waals surface area (Å²) in [6.07, 6.45) is 0. The molecule has 2 aromatic carbocycles. The minimum atomic E-state index is -1.24. The van der Waals surface area contributed by atoms with Crippen molar-refractivity contribution in [2.24, 2.45) is 0 Å². The molecule has 5 heteroatoms. The third-order valence-electron chi connectivity index (χ3n) is 2.80. The molecule has 0 bridgehead atoms. The molecule has 0 saturated carbocycles. The second kappa shape index (κ2) is 6.04. The van der Waals surface area contributed by atoms with Crippen molar-refractivity contribution >= 4 is 29.0 Å². The van der Waals surface area contributed by atoms with Crippen molar-refractivity contribution in [2.75, 3.05) is 0 Å². The Morgan fingerprint density at radius 1 is 1.20 bits per heavy atom. The summed E-state index contributed by atoms with van der Waals surface area (Å²) in [7, 11) is 0. The fourth-order valence-electron chi connectivity index (χ4n) is 1.82. The van der Waals surface area contributed by atoms with Gasteiger partial charge in [-0.15, -0.1) is 0 Å². The standard InChI is InChI=1S/C15H8Cl2FNO/c16-9-5-6-11(13(17)7-9)15(20)12(8-19)10-3-1-2-4-14(10)18/h1-7,12H. The minimum absolute atomic E-state index is 0.0333. The van der Waals surface area contributed by atoms with Gasteiger partial charge >= 0.3 is 0 Å². The van der Waals surface area contributed by atoms with Crippen LogP contribution in [0, 0.1) is 17.1 Å². The summed E-state index contributed by atoms with van der Waals surface area (Å²) >= 11 is 11.7. The first-order valence-corrected chi connectivity index (χ1v) is 6.43. The van der Waals surface area contributed by atoms with Gasteiger partial charge in [0.15, 0.2) is 5.78 Å². The van der Waals surface area contributed by atoms with Crippen molar-refractivity contribution in [3.63, 3.8) is 0 Å². The molecule has 0 saturated heterocycles. The molecule has 0 aliphatic carbocycles. The van der Waals surface area contributed by atoms with E-state index in [1.165, 1.54) is 36.4 Å². The van der Waals surface area contributed by atoms with Crippen molar-refractivity contribution in [1.82, 2.24) is 0 Å². The second-order valence-electron chi connectivity index (χ2n) is 4.07. The van der Waals surface area contributed by atoms with E-state index in [0.717, 1.165) is 0 Å². The Balaban J connectivity index is 2.45. The Hall–Kier alpha value is -1.89.